The molecule has 0 atom stereocenters. The van der Waals surface area contributed by atoms with E-state index in [1.807, 2.05) is 0 Å². The van der Waals surface area contributed by atoms with Crippen LogP contribution in [0, 0.1) is 6.92 Å². The number of hydrogen-bond acceptors (Lipinski definition) is 2. The Kier molecular flexibility index (Phi) is 4.87. The molecule has 104 valence electrons. The van der Waals surface area contributed by atoms with Crippen molar-refractivity contribution in [2.45, 2.75) is 46.5 Å². The van der Waals surface area contributed by atoms with Gasteiger partial charge in [0.2, 0.25) is 5.78 Å². The molecule has 1 aromatic carbocycles. The van der Waals surface area contributed by atoms with Gasteiger partial charge in [-0.2, -0.15) is 0 Å². The summed E-state index contributed by atoms with van der Waals surface area (Å²) in [7, 11) is 0. The quantitative estimate of drug-likeness (QED) is 0.847. The van der Waals surface area contributed by atoms with Gasteiger partial charge in [0.25, 0.3) is 5.91 Å². The van der Waals surface area contributed by atoms with Crippen LogP contribution in [0.2, 0.25) is 0 Å². The van der Waals surface area contributed by atoms with Crippen LogP contribution in [0.5, 0.6) is 0 Å². The molecule has 3 heteroatoms. The number of rotatable bonds is 4. The highest BCUT2D eigenvalue weighted by Gasteiger charge is 2.14. The van der Waals surface area contributed by atoms with Crippen molar-refractivity contribution in [2.24, 2.45) is 0 Å². The Morgan fingerprint density at radius 1 is 1.21 bits per heavy atom. The Morgan fingerprint density at radius 2 is 1.84 bits per heavy atom. The third-order valence-electron chi connectivity index (χ3n) is 3.21. The van der Waals surface area contributed by atoms with Crippen molar-refractivity contribution in [1.29, 1.82) is 0 Å². The number of benzene rings is 1. The summed E-state index contributed by atoms with van der Waals surface area (Å²) in [4.78, 5) is 21.9. The number of ketones is 1. The van der Waals surface area contributed by atoms with Crippen LogP contribution in [-0.4, -0.2) is 18.2 Å². The van der Waals surface area contributed by atoms with Crippen LogP contribution >= 0.6 is 0 Å². The number of carbonyl (C=O) groups excluding carboxylic acids is 2. The number of aryl methyl sites for hydroxylation is 1. The summed E-state index contributed by atoms with van der Waals surface area (Å²) in [6, 6.07) is 6.44. The first-order chi connectivity index (χ1) is 8.71. The zero-order chi connectivity index (χ0) is 14.6. The largest absolute Gasteiger partial charge is 0.349 e. The molecule has 0 unspecified atom stereocenters. The van der Waals surface area contributed by atoms with Crippen LogP contribution in [0.3, 0.4) is 0 Å². The number of hydrogen-bond donors (Lipinski definition) is 1. The molecule has 19 heavy (non-hydrogen) atoms. The Bertz CT molecular complexity index is 484. The zero-order valence-corrected chi connectivity index (χ0v) is 12.5. The molecule has 0 spiro atoms. The fourth-order valence-electron chi connectivity index (χ4n) is 1.88. The van der Waals surface area contributed by atoms with E-state index in [0.29, 0.717) is 6.54 Å². The fourth-order valence-corrected chi connectivity index (χ4v) is 1.88. The van der Waals surface area contributed by atoms with E-state index in [1.54, 1.807) is 0 Å². The van der Waals surface area contributed by atoms with Gasteiger partial charge in [0.1, 0.15) is 0 Å². The predicted molar refractivity (Wildman–Crippen MR) is 77.3 cm³/mol. The lowest BCUT2D eigenvalue weighted by Crippen LogP contribution is -2.30. The lowest BCUT2D eigenvalue weighted by molar-refractivity contribution is -0.136. The molecule has 1 aromatic rings. The maximum Gasteiger partial charge on any atom is 0.287 e. The van der Waals surface area contributed by atoms with Crippen LogP contribution < -0.4 is 5.32 Å². The molecular formula is C16H23NO2. The SMILES string of the molecule is CC(=O)C(=O)NCCc1ccc(C(C)(C)C)cc1C. The molecule has 0 radical (unpaired) electrons. The fraction of sp³-hybridized carbons (Fsp3) is 0.500. The van der Waals surface area contributed by atoms with Crippen molar-refractivity contribution in [3.8, 4) is 0 Å². The van der Waals surface area contributed by atoms with Gasteiger partial charge in [-0.3, -0.25) is 9.59 Å². The molecule has 1 N–H and O–H groups in total. The molecule has 0 aromatic heterocycles. The number of carbonyl (C=O) groups is 2. The van der Waals surface area contributed by atoms with E-state index in [-0.39, 0.29) is 5.41 Å². The van der Waals surface area contributed by atoms with E-state index in [0.717, 1.165) is 6.42 Å². The maximum absolute atomic E-state index is 11.1. The first-order valence-electron chi connectivity index (χ1n) is 6.60. The summed E-state index contributed by atoms with van der Waals surface area (Å²) < 4.78 is 0. The van der Waals surface area contributed by atoms with Crippen molar-refractivity contribution < 1.29 is 9.59 Å². The van der Waals surface area contributed by atoms with Crippen molar-refractivity contribution in [3.63, 3.8) is 0 Å². The van der Waals surface area contributed by atoms with E-state index in [4.69, 9.17) is 0 Å². The lowest BCUT2D eigenvalue weighted by atomic mass is 9.85. The van der Waals surface area contributed by atoms with Gasteiger partial charge in [0.15, 0.2) is 0 Å². The predicted octanol–water partition coefficient (Wildman–Crippen LogP) is 2.54. The van der Waals surface area contributed by atoms with E-state index in [9.17, 15) is 9.59 Å². The molecule has 3 nitrogen and oxygen atoms in total. The molecule has 0 heterocycles. The van der Waals surface area contributed by atoms with Gasteiger partial charge in [-0.25, -0.2) is 0 Å². The third kappa shape index (κ3) is 4.51. The molecule has 0 saturated heterocycles. The maximum atomic E-state index is 11.1. The number of nitrogens with one attached hydrogen (secondary N) is 1. The van der Waals surface area contributed by atoms with Gasteiger partial charge >= 0.3 is 0 Å². The summed E-state index contributed by atoms with van der Waals surface area (Å²) in [6.45, 7) is 10.4. The Balaban J connectivity index is 2.66. The van der Waals surface area contributed by atoms with E-state index in [1.165, 1.54) is 23.6 Å². The van der Waals surface area contributed by atoms with Crippen LogP contribution in [0.4, 0.5) is 0 Å². The Labute approximate surface area is 115 Å². The number of amides is 1. The molecule has 0 fully saturated rings. The van der Waals surface area contributed by atoms with Gasteiger partial charge in [-0.05, 0) is 35.4 Å². The van der Waals surface area contributed by atoms with E-state index >= 15 is 0 Å². The first-order valence-corrected chi connectivity index (χ1v) is 6.60. The zero-order valence-electron chi connectivity index (χ0n) is 12.5. The summed E-state index contributed by atoms with van der Waals surface area (Å²) in [5.74, 6) is -0.955. The highest BCUT2D eigenvalue weighted by molar-refractivity contribution is 6.35. The Hall–Kier alpha value is -1.64. The normalized spacial score (nSPS) is 11.2. The highest BCUT2D eigenvalue weighted by Crippen LogP contribution is 2.24. The minimum atomic E-state index is -0.510. The first kappa shape index (κ1) is 15.4. The second-order valence-corrected chi connectivity index (χ2v) is 5.95. The average Bonchev–Trinajstić information content (AvgIpc) is 2.29. The lowest BCUT2D eigenvalue weighted by Gasteiger charge is -2.20. The van der Waals surface area contributed by atoms with Crippen molar-refractivity contribution in [2.75, 3.05) is 6.54 Å². The number of Topliss-reactive ketones (excluding diaryl/α,β-unsaturated/α-hetero) is 1. The monoisotopic (exact) mass is 261 g/mol. The standard InChI is InChI=1S/C16H23NO2/c1-11-10-14(16(3,4)5)7-6-13(11)8-9-17-15(19)12(2)18/h6-7,10H,8-9H2,1-5H3,(H,17,19). The van der Waals surface area contributed by atoms with Gasteiger partial charge in [0, 0.05) is 13.5 Å². The van der Waals surface area contributed by atoms with Crippen LogP contribution in [-0.2, 0) is 21.4 Å². The summed E-state index contributed by atoms with van der Waals surface area (Å²) in [5.41, 5.74) is 3.88. The second kappa shape index (κ2) is 6.00. The second-order valence-electron chi connectivity index (χ2n) is 5.95. The van der Waals surface area contributed by atoms with Crippen molar-refractivity contribution in [1.82, 2.24) is 5.32 Å². The van der Waals surface area contributed by atoms with Crippen LogP contribution in [0.15, 0.2) is 18.2 Å². The summed E-state index contributed by atoms with van der Waals surface area (Å²) in [5, 5.41) is 2.61. The molecule has 0 bridgehead atoms. The van der Waals surface area contributed by atoms with Gasteiger partial charge in [-0.15, -0.1) is 0 Å². The molecule has 1 rings (SSSR count). The van der Waals surface area contributed by atoms with Gasteiger partial charge < -0.3 is 5.32 Å². The molecule has 1 amide bonds. The summed E-state index contributed by atoms with van der Waals surface area (Å²) >= 11 is 0. The van der Waals surface area contributed by atoms with Crippen LogP contribution in [0.25, 0.3) is 0 Å². The average molecular weight is 261 g/mol. The van der Waals surface area contributed by atoms with Crippen molar-refractivity contribution in [3.05, 3.63) is 34.9 Å². The summed E-state index contributed by atoms with van der Waals surface area (Å²) in [6.07, 6.45) is 0.745. The van der Waals surface area contributed by atoms with E-state index < -0.39 is 11.7 Å². The van der Waals surface area contributed by atoms with Crippen molar-refractivity contribution >= 4 is 11.7 Å². The molecule has 0 aliphatic rings. The van der Waals surface area contributed by atoms with Gasteiger partial charge in [0.05, 0.1) is 0 Å². The molecule has 0 saturated carbocycles. The minimum absolute atomic E-state index is 0.145. The molecule has 0 aliphatic carbocycles. The highest BCUT2D eigenvalue weighted by atomic mass is 16.2. The third-order valence-corrected chi connectivity index (χ3v) is 3.21. The smallest absolute Gasteiger partial charge is 0.287 e. The van der Waals surface area contributed by atoms with Gasteiger partial charge in [-0.1, -0.05) is 39.0 Å². The topological polar surface area (TPSA) is 46.2 Å². The minimum Gasteiger partial charge on any atom is -0.349 e. The van der Waals surface area contributed by atoms with Crippen LogP contribution in [0.1, 0.15) is 44.4 Å². The Morgan fingerprint density at radius 3 is 2.32 bits per heavy atom. The molecular weight excluding hydrogens is 238 g/mol. The molecule has 0 aliphatic heterocycles. The van der Waals surface area contributed by atoms with E-state index in [2.05, 4.69) is 51.2 Å².